The molecule has 0 atom stereocenters. The quantitative estimate of drug-likeness (QED) is 0.857. The summed E-state index contributed by atoms with van der Waals surface area (Å²) < 4.78 is 10.7. The summed E-state index contributed by atoms with van der Waals surface area (Å²) in [5.74, 6) is 0.0490. The molecule has 0 bridgehead atoms. The van der Waals surface area contributed by atoms with Crippen molar-refractivity contribution in [1.82, 2.24) is 0 Å². The van der Waals surface area contributed by atoms with Crippen LogP contribution >= 0.6 is 0 Å². The minimum atomic E-state index is -0.481. The summed E-state index contributed by atoms with van der Waals surface area (Å²) in [7, 11) is 0. The fourth-order valence-corrected chi connectivity index (χ4v) is 2.11. The van der Waals surface area contributed by atoms with E-state index in [1.807, 2.05) is 25.1 Å². The first-order chi connectivity index (χ1) is 10.9. The third kappa shape index (κ3) is 3.77. The monoisotopic (exact) mass is 312 g/mol. The van der Waals surface area contributed by atoms with Crippen molar-refractivity contribution in [3.8, 4) is 11.8 Å². The van der Waals surface area contributed by atoms with E-state index in [1.165, 1.54) is 6.92 Å². The Hall–Kier alpha value is -3.07. The number of rotatable bonds is 5. The Morgan fingerprint density at radius 3 is 2.48 bits per heavy atom. The molecule has 0 saturated carbocycles. The first-order valence-corrected chi connectivity index (χ1v) is 6.96. The first-order valence-electron chi connectivity index (χ1n) is 6.96. The van der Waals surface area contributed by atoms with Gasteiger partial charge < -0.3 is 9.15 Å². The second kappa shape index (κ2) is 6.79. The molecular weight excluding hydrogens is 296 g/mol. The van der Waals surface area contributed by atoms with Gasteiger partial charge in [0.05, 0.1) is 5.56 Å². The van der Waals surface area contributed by atoms with Crippen molar-refractivity contribution < 1.29 is 18.7 Å². The maximum Gasteiger partial charge on any atom is 0.264 e. The van der Waals surface area contributed by atoms with Gasteiger partial charge in [-0.05, 0) is 32.9 Å². The van der Waals surface area contributed by atoms with Crippen molar-refractivity contribution in [2.24, 2.45) is 0 Å². The molecule has 2 aromatic rings. The molecule has 1 aromatic carbocycles. The van der Waals surface area contributed by atoms with Gasteiger partial charge in [0.15, 0.2) is 12.4 Å². The van der Waals surface area contributed by atoms with Crippen LogP contribution < -0.4 is 10.1 Å². The second-order valence-electron chi connectivity index (χ2n) is 5.06. The molecule has 6 nitrogen and oxygen atoms in total. The van der Waals surface area contributed by atoms with E-state index in [9.17, 15) is 9.59 Å². The average molecular weight is 312 g/mol. The highest BCUT2D eigenvalue weighted by molar-refractivity contribution is 6.01. The Balaban J connectivity index is 2.06. The van der Waals surface area contributed by atoms with Gasteiger partial charge in [0.2, 0.25) is 5.88 Å². The summed E-state index contributed by atoms with van der Waals surface area (Å²) in [6.07, 6.45) is 0. The van der Waals surface area contributed by atoms with Crippen LogP contribution in [0.5, 0.6) is 5.75 Å². The number of nitriles is 1. The lowest BCUT2D eigenvalue weighted by atomic mass is 10.1. The molecule has 0 radical (unpaired) electrons. The lowest BCUT2D eigenvalue weighted by molar-refractivity contribution is -0.118. The number of amides is 1. The minimum Gasteiger partial charge on any atom is -0.484 e. The molecule has 2 rings (SSSR count). The van der Waals surface area contributed by atoms with Gasteiger partial charge >= 0.3 is 0 Å². The third-order valence-corrected chi connectivity index (χ3v) is 3.19. The van der Waals surface area contributed by atoms with E-state index in [2.05, 4.69) is 5.32 Å². The van der Waals surface area contributed by atoms with Crippen LogP contribution in [0.4, 0.5) is 5.88 Å². The zero-order valence-electron chi connectivity index (χ0n) is 13.1. The number of furan rings is 1. The van der Waals surface area contributed by atoms with Crippen molar-refractivity contribution in [2.75, 3.05) is 11.9 Å². The molecule has 118 valence electrons. The van der Waals surface area contributed by atoms with E-state index in [0.29, 0.717) is 11.5 Å². The number of carbonyl (C=O) groups excluding carboxylic acids is 2. The molecule has 23 heavy (non-hydrogen) atoms. The van der Waals surface area contributed by atoms with Crippen LogP contribution in [0.2, 0.25) is 0 Å². The Labute approximate surface area is 133 Å². The molecular formula is C17H16N2O4. The number of hydrogen-bond donors (Lipinski definition) is 1. The van der Waals surface area contributed by atoms with Crippen molar-refractivity contribution in [3.63, 3.8) is 0 Å². The number of aryl methyl sites for hydroxylation is 2. The number of anilines is 1. The summed E-state index contributed by atoms with van der Waals surface area (Å²) in [6.45, 7) is 4.62. The molecule has 0 saturated heterocycles. The number of ketones is 1. The maximum absolute atomic E-state index is 11.9. The van der Waals surface area contributed by atoms with Gasteiger partial charge in [-0.25, -0.2) is 0 Å². The van der Waals surface area contributed by atoms with Crippen LogP contribution in [-0.2, 0) is 4.79 Å². The molecule has 6 heteroatoms. The number of nitrogens with one attached hydrogen (secondary N) is 1. The van der Waals surface area contributed by atoms with Crippen molar-refractivity contribution >= 4 is 17.6 Å². The first kappa shape index (κ1) is 16.3. The normalized spacial score (nSPS) is 10.0. The number of carbonyl (C=O) groups is 2. The lowest BCUT2D eigenvalue weighted by Crippen LogP contribution is -2.20. The van der Waals surface area contributed by atoms with E-state index in [0.717, 1.165) is 5.56 Å². The van der Waals surface area contributed by atoms with E-state index in [-0.39, 0.29) is 29.4 Å². The van der Waals surface area contributed by atoms with E-state index < -0.39 is 5.91 Å². The highest BCUT2D eigenvalue weighted by atomic mass is 16.5. The van der Waals surface area contributed by atoms with Crippen LogP contribution in [0.3, 0.4) is 0 Å². The van der Waals surface area contributed by atoms with E-state index >= 15 is 0 Å². The zero-order valence-corrected chi connectivity index (χ0v) is 13.1. The number of benzene rings is 1. The standard InChI is InChI=1S/C17H16N2O4/c1-10-4-6-13(7-5-10)22-9-15(21)19-17-14(8-18)16(11(2)20)12(3)23-17/h4-7H,9H2,1-3H3,(H,19,21). The molecule has 0 fully saturated rings. The molecule has 0 aliphatic carbocycles. The highest BCUT2D eigenvalue weighted by Crippen LogP contribution is 2.26. The molecule has 0 aliphatic rings. The zero-order chi connectivity index (χ0) is 17.0. The molecule has 1 aromatic heterocycles. The molecule has 1 N–H and O–H groups in total. The SMILES string of the molecule is CC(=O)c1c(C)oc(NC(=O)COc2ccc(C)cc2)c1C#N. The summed E-state index contributed by atoms with van der Waals surface area (Å²) in [6, 6.07) is 9.14. The fraction of sp³-hybridized carbons (Fsp3) is 0.235. The van der Waals surface area contributed by atoms with Gasteiger partial charge in [0.1, 0.15) is 23.1 Å². The molecule has 0 aliphatic heterocycles. The van der Waals surface area contributed by atoms with Crippen molar-refractivity contribution in [3.05, 3.63) is 46.7 Å². The van der Waals surface area contributed by atoms with Crippen molar-refractivity contribution in [2.45, 2.75) is 20.8 Å². The Bertz CT molecular complexity index is 782. The van der Waals surface area contributed by atoms with Gasteiger partial charge in [-0.15, -0.1) is 0 Å². The van der Waals surface area contributed by atoms with Crippen LogP contribution in [-0.4, -0.2) is 18.3 Å². The molecule has 0 unspecified atom stereocenters. The Kier molecular flexibility index (Phi) is 4.82. The summed E-state index contributed by atoms with van der Waals surface area (Å²) in [5, 5.41) is 11.6. The third-order valence-electron chi connectivity index (χ3n) is 3.19. The smallest absolute Gasteiger partial charge is 0.264 e. The lowest BCUT2D eigenvalue weighted by Gasteiger charge is -2.06. The maximum atomic E-state index is 11.9. The van der Waals surface area contributed by atoms with Gasteiger partial charge in [-0.1, -0.05) is 17.7 Å². The molecule has 1 amide bonds. The fourth-order valence-electron chi connectivity index (χ4n) is 2.11. The second-order valence-corrected chi connectivity index (χ2v) is 5.06. The number of hydrogen-bond acceptors (Lipinski definition) is 5. The van der Waals surface area contributed by atoms with Crippen molar-refractivity contribution in [1.29, 1.82) is 5.26 Å². The number of Topliss-reactive ketones (excluding diaryl/α,β-unsaturated/α-hetero) is 1. The topological polar surface area (TPSA) is 92.3 Å². The van der Waals surface area contributed by atoms with Gasteiger partial charge in [-0.2, -0.15) is 5.26 Å². The van der Waals surface area contributed by atoms with E-state index in [4.69, 9.17) is 14.4 Å². The van der Waals surface area contributed by atoms with Gasteiger partial charge in [0.25, 0.3) is 5.91 Å². The Morgan fingerprint density at radius 1 is 1.26 bits per heavy atom. The molecule has 0 spiro atoms. The number of nitrogens with zero attached hydrogens (tertiary/aromatic N) is 1. The van der Waals surface area contributed by atoms with Gasteiger partial charge in [-0.3, -0.25) is 14.9 Å². The summed E-state index contributed by atoms with van der Waals surface area (Å²) in [5.41, 5.74) is 1.30. The van der Waals surface area contributed by atoms with Crippen LogP contribution in [0.1, 0.15) is 34.2 Å². The predicted molar refractivity (Wildman–Crippen MR) is 83.5 cm³/mol. The number of ether oxygens (including phenoxy) is 1. The largest absolute Gasteiger partial charge is 0.484 e. The van der Waals surface area contributed by atoms with E-state index in [1.54, 1.807) is 19.1 Å². The van der Waals surface area contributed by atoms with Gasteiger partial charge in [0, 0.05) is 0 Å². The summed E-state index contributed by atoms with van der Waals surface area (Å²) in [4.78, 5) is 23.5. The Morgan fingerprint density at radius 2 is 1.91 bits per heavy atom. The predicted octanol–water partition coefficient (Wildman–Crippen LogP) is 2.99. The van der Waals surface area contributed by atoms with Crippen LogP contribution in [0.15, 0.2) is 28.7 Å². The summed E-state index contributed by atoms with van der Waals surface area (Å²) >= 11 is 0. The highest BCUT2D eigenvalue weighted by Gasteiger charge is 2.22. The molecule has 1 heterocycles. The van der Waals surface area contributed by atoms with Crippen LogP contribution in [0, 0.1) is 25.2 Å². The minimum absolute atomic E-state index is 0.0266. The average Bonchev–Trinajstić information content (AvgIpc) is 2.82. The van der Waals surface area contributed by atoms with Crippen LogP contribution in [0.25, 0.3) is 0 Å².